The molecule has 0 aliphatic rings. The summed E-state index contributed by atoms with van der Waals surface area (Å²) in [5, 5.41) is 4.11. The highest BCUT2D eigenvalue weighted by atomic mass is 127. The van der Waals surface area contributed by atoms with Crippen molar-refractivity contribution < 1.29 is 9.53 Å². The van der Waals surface area contributed by atoms with Crippen LogP contribution in [-0.2, 0) is 4.74 Å². The second kappa shape index (κ2) is 7.35. The van der Waals surface area contributed by atoms with Crippen molar-refractivity contribution in [3.05, 3.63) is 57.4 Å². The van der Waals surface area contributed by atoms with Crippen molar-refractivity contribution >= 4 is 51.0 Å². The molecule has 0 unspecified atom stereocenters. The molecule has 1 aromatic carbocycles. The Morgan fingerprint density at radius 2 is 1.88 bits per heavy atom. The Kier molecular flexibility index (Phi) is 5.17. The molecular weight excluding hydrogens is 429 g/mol. The zero-order chi connectivity index (χ0) is 18.0. The molecule has 2 heterocycles. The molecule has 0 bridgehead atoms. The predicted molar refractivity (Wildman–Crippen MR) is 107 cm³/mol. The number of rotatable bonds is 4. The van der Waals surface area contributed by atoms with Gasteiger partial charge in [-0.05, 0) is 79.8 Å². The van der Waals surface area contributed by atoms with E-state index in [2.05, 4.69) is 37.9 Å². The zero-order valence-corrected chi connectivity index (χ0v) is 16.4. The number of halogens is 1. The minimum Gasteiger partial charge on any atom is -0.459 e. The first-order valence-electron chi connectivity index (χ1n) is 7.94. The lowest BCUT2D eigenvalue weighted by Crippen LogP contribution is -2.14. The van der Waals surface area contributed by atoms with Gasteiger partial charge in [-0.15, -0.1) is 0 Å². The Bertz CT molecular complexity index is 924. The number of nitrogens with zero attached hydrogens (tertiary/aromatic N) is 2. The van der Waals surface area contributed by atoms with Crippen molar-refractivity contribution in [2.45, 2.75) is 26.9 Å². The minimum atomic E-state index is -0.405. The third-order valence-electron chi connectivity index (χ3n) is 3.55. The summed E-state index contributed by atoms with van der Waals surface area (Å²) in [6, 6.07) is 11.8. The van der Waals surface area contributed by atoms with E-state index < -0.39 is 5.97 Å². The lowest BCUT2D eigenvalue weighted by Gasteiger charge is -2.15. The number of anilines is 2. The summed E-state index contributed by atoms with van der Waals surface area (Å²) in [5.74, 6) is -0.405. The first-order valence-corrected chi connectivity index (χ1v) is 9.02. The van der Waals surface area contributed by atoms with Gasteiger partial charge in [-0.2, -0.15) is 0 Å². The fourth-order valence-electron chi connectivity index (χ4n) is 2.42. The van der Waals surface area contributed by atoms with E-state index in [1.807, 2.05) is 57.2 Å². The standard InChI is InChI=1S/C19H18IN3O2/c1-11(2)25-19(24)16-10-21-18-15(9-4-12(3)22-18)17(16)23-14-7-5-13(20)6-8-14/h4-11H,1-3H3,(H,21,22,23). The smallest absolute Gasteiger partial charge is 0.342 e. The van der Waals surface area contributed by atoms with Crippen LogP contribution in [0.4, 0.5) is 11.4 Å². The highest BCUT2D eigenvalue weighted by Crippen LogP contribution is 2.29. The number of hydrogen-bond acceptors (Lipinski definition) is 5. The molecule has 1 N–H and O–H groups in total. The van der Waals surface area contributed by atoms with Crippen molar-refractivity contribution in [1.82, 2.24) is 9.97 Å². The van der Waals surface area contributed by atoms with Gasteiger partial charge in [-0.3, -0.25) is 0 Å². The maximum absolute atomic E-state index is 12.5. The molecule has 0 radical (unpaired) electrons. The fraction of sp³-hybridized carbons (Fsp3) is 0.211. The second-order valence-electron chi connectivity index (χ2n) is 5.96. The second-order valence-corrected chi connectivity index (χ2v) is 7.20. The molecule has 0 spiro atoms. The number of esters is 1. The van der Waals surface area contributed by atoms with Crippen LogP contribution in [0.25, 0.3) is 11.0 Å². The topological polar surface area (TPSA) is 64.1 Å². The Hall–Kier alpha value is -2.22. The van der Waals surface area contributed by atoms with E-state index in [9.17, 15) is 4.79 Å². The molecule has 0 aliphatic heterocycles. The van der Waals surface area contributed by atoms with Gasteiger partial charge in [-0.25, -0.2) is 14.8 Å². The highest BCUT2D eigenvalue weighted by Gasteiger charge is 2.18. The summed E-state index contributed by atoms with van der Waals surface area (Å²) in [6.07, 6.45) is 1.32. The number of ether oxygens (including phenoxy) is 1. The summed E-state index contributed by atoms with van der Waals surface area (Å²) < 4.78 is 6.50. The van der Waals surface area contributed by atoms with Gasteiger partial charge in [0, 0.05) is 26.5 Å². The first-order chi connectivity index (χ1) is 11.9. The SMILES string of the molecule is Cc1ccc2c(Nc3ccc(I)cc3)c(C(=O)OC(C)C)cnc2n1. The molecule has 0 saturated heterocycles. The van der Waals surface area contributed by atoms with Crippen LogP contribution in [0, 0.1) is 10.5 Å². The molecule has 0 amide bonds. The average molecular weight is 447 g/mol. The van der Waals surface area contributed by atoms with E-state index in [-0.39, 0.29) is 6.10 Å². The van der Waals surface area contributed by atoms with Crippen LogP contribution in [-0.4, -0.2) is 22.0 Å². The van der Waals surface area contributed by atoms with Gasteiger partial charge in [0.2, 0.25) is 0 Å². The van der Waals surface area contributed by atoms with Gasteiger partial charge in [-0.1, -0.05) is 0 Å². The van der Waals surface area contributed by atoms with Crippen LogP contribution in [0.2, 0.25) is 0 Å². The molecule has 6 heteroatoms. The maximum atomic E-state index is 12.5. The van der Waals surface area contributed by atoms with Crippen LogP contribution < -0.4 is 5.32 Å². The van der Waals surface area contributed by atoms with E-state index in [1.54, 1.807) is 0 Å². The maximum Gasteiger partial charge on any atom is 0.342 e. The van der Waals surface area contributed by atoms with Gasteiger partial charge in [0.1, 0.15) is 5.56 Å². The molecular formula is C19H18IN3O2. The van der Waals surface area contributed by atoms with E-state index in [0.717, 1.165) is 20.3 Å². The number of fused-ring (bicyclic) bond motifs is 1. The van der Waals surface area contributed by atoms with Crippen molar-refractivity contribution in [2.75, 3.05) is 5.32 Å². The largest absolute Gasteiger partial charge is 0.459 e. The quantitative estimate of drug-likeness (QED) is 0.458. The zero-order valence-electron chi connectivity index (χ0n) is 14.2. The Balaban J connectivity index is 2.12. The third-order valence-corrected chi connectivity index (χ3v) is 4.26. The molecule has 25 heavy (non-hydrogen) atoms. The first kappa shape index (κ1) is 17.6. The normalized spacial score (nSPS) is 10.9. The van der Waals surface area contributed by atoms with E-state index in [1.165, 1.54) is 6.20 Å². The number of benzene rings is 1. The van der Waals surface area contributed by atoms with Gasteiger partial charge < -0.3 is 10.1 Å². The summed E-state index contributed by atoms with van der Waals surface area (Å²) >= 11 is 2.25. The Morgan fingerprint density at radius 3 is 2.56 bits per heavy atom. The number of aromatic nitrogens is 2. The van der Waals surface area contributed by atoms with Crippen molar-refractivity contribution in [3.63, 3.8) is 0 Å². The van der Waals surface area contributed by atoms with Gasteiger partial charge in [0.15, 0.2) is 5.65 Å². The predicted octanol–water partition coefficient (Wildman–Crippen LogP) is 4.85. The molecule has 2 aromatic heterocycles. The van der Waals surface area contributed by atoms with Crippen LogP contribution in [0.3, 0.4) is 0 Å². The van der Waals surface area contributed by atoms with Crippen LogP contribution in [0.1, 0.15) is 29.9 Å². The van der Waals surface area contributed by atoms with E-state index in [4.69, 9.17) is 4.74 Å². The summed E-state index contributed by atoms with van der Waals surface area (Å²) in [6.45, 7) is 5.56. The molecule has 3 aromatic rings. The number of carbonyl (C=O) groups excluding carboxylic acids is 1. The third kappa shape index (κ3) is 4.07. The minimum absolute atomic E-state index is 0.203. The molecule has 0 aliphatic carbocycles. The number of pyridine rings is 2. The summed E-state index contributed by atoms with van der Waals surface area (Å²) in [7, 11) is 0. The van der Waals surface area contributed by atoms with E-state index >= 15 is 0 Å². The van der Waals surface area contributed by atoms with Crippen LogP contribution >= 0.6 is 22.6 Å². The van der Waals surface area contributed by atoms with E-state index in [0.29, 0.717) is 16.9 Å². The Labute approximate surface area is 160 Å². The number of hydrogen-bond donors (Lipinski definition) is 1. The lowest BCUT2D eigenvalue weighted by atomic mass is 10.1. The summed E-state index contributed by atoms with van der Waals surface area (Å²) in [4.78, 5) is 21.3. The van der Waals surface area contributed by atoms with Gasteiger partial charge in [0.25, 0.3) is 0 Å². The lowest BCUT2D eigenvalue weighted by molar-refractivity contribution is 0.0379. The van der Waals surface area contributed by atoms with Crippen LogP contribution in [0.15, 0.2) is 42.6 Å². The molecule has 0 saturated carbocycles. The monoisotopic (exact) mass is 447 g/mol. The molecule has 5 nitrogen and oxygen atoms in total. The van der Waals surface area contributed by atoms with Gasteiger partial charge in [0.05, 0.1) is 11.8 Å². The Morgan fingerprint density at radius 1 is 1.16 bits per heavy atom. The molecule has 128 valence electrons. The van der Waals surface area contributed by atoms with Crippen molar-refractivity contribution in [1.29, 1.82) is 0 Å². The molecule has 3 rings (SSSR count). The fourth-order valence-corrected chi connectivity index (χ4v) is 2.78. The summed E-state index contributed by atoms with van der Waals surface area (Å²) in [5.41, 5.74) is 3.40. The highest BCUT2D eigenvalue weighted by molar-refractivity contribution is 14.1. The number of aryl methyl sites for hydroxylation is 1. The van der Waals surface area contributed by atoms with Crippen molar-refractivity contribution in [3.8, 4) is 0 Å². The van der Waals surface area contributed by atoms with Crippen molar-refractivity contribution in [2.24, 2.45) is 0 Å². The molecule has 0 atom stereocenters. The molecule has 0 fully saturated rings. The average Bonchev–Trinajstić information content (AvgIpc) is 2.56. The van der Waals surface area contributed by atoms with Crippen LogP contribution in [0.5, 0.6) is 0 Å². The van der Waals surface area contributed by atoms with Gasteiger partial charge >= 0.3 is 5.97 Å². The number of carbonyl (C=O) groups is 1. The number of nitrogens with one attached hydrogen (secondary N) is 1.